The van der Waals surface area contributed by atoms with Crippen LogP contribution in [-0.4, -0.2) is 74.5 Å². The van der Waals surface area contributed by atoms with E-state index in [1.165, 1.54) is 12.1 Å². The van der Waals surface area contributed by atoms with E-state index >= 15 is 0 Å². The van der Waals surface area contributed by atoms with Gasteiger partial charge in [0.2, 0.25) is 0 Å². The van der Waals surface area contributed by atoms with Crippen LogP contribution in [0.1, 0.15) is 0 Å². The number of hydrogen-bond donors (Lipinski definition) is 1. The summed E-state index contributed by atoms with van der Waals surface area (Å²) in [4.78, 5) is 0.125. The molecule has 9 nitrogen and oxygen atoms in total. The predicted molar refractivity (Wildman–Crippen MR) is 119 cm³/mol. The molecular weight excluding hydrogens is 438 g/mol. The van der Waals surface area contributed by atoms with E-state index < -0.39 is 10.1 Å². The van der Waals surface area contributed by atoms with Crippen molar-refractivity contribution in [1.29, 1.82) is 0 Å². The van der Waals surface area contributed by atoms with Crippen molar-refractivity contribution in [3.63, 3.8) is 0 Å². The van der Waals surface area contributed by atoms with Crippen LogP contribution < -0.4 is 10.5 Å². The second-order valence-electron chi connectivity index (χ2n) is 6.46. The minimum absolute atomic E-state index is 0.0502. The van der Waals surface area contributed by atoms with E-state index in [4.69, 9.17) is 33.6 Å². The second kappa shape index (κ2) is 15.6. The molecule has 0 aliphatic carbocycles. The predicted octanol–water partition coefficient (Wildman–Crippen LogP) is 2.12. The van der Waals surface area contributed by atoms with Crippen molar-refractivity contribution < 1.29 is 36.3 Å². The van der Waals surface area contributed by atoms with Crippen molar-refractivity contribution >= 4 is 15.8 Å². The maximum atomic E-state index is 11.9. The van der Waals surface area contributed by atoms with E-state index in [2.05, 4.69) is 0 Å². The number of rotatable bonds is 18. The Labute approximate surface area is 189 Å². The topological polar surface area (TPSA) is 116 Å². The van der Waals surface area contributed by atoms with E-state index in [1.54, 1.807) is 30.3 Å². The smallest absolute Gasteiger partial charge is 0.297 e. The highest BCUT2D eigenvalue weighted by molar-refractivity contribution is 7.86. The van der Waals surface area contributed by atoms with Crippen molar-refractivity contribution in [2.75, 3.05) is 71.8 Å². The van der Waals surface area contributed by atoms with Crippen molar-refractivity contribution in [2.45, 2.75) is 4.90 Å². The standard InChI is InChI=1S/C22H31NO8S/c23-20-6-8-21(9-7-20)30-18-16-28-14-12-26-10-11-27-13-15-29-17-19-31-32(24,25)22-4-2-1-3-5-22/h1-9H,10-19,23H2. The molecule has 0 bridgehead atoms. The molecule has 10 heteroatoms. The van der Waals surface area contributed by atoms with E-state index in [0.717, 1.165) is 5.75 Å². The van der Waals surface area contributed by atoms with E-state index in [1.807, 2.05) is 12.1 Å². The number of nitrogens with two attached hydrogens (primary N) is 1. The third kappa shape index (κ3) is 11.4. The van der Waals surface area contributed by atoms with Gasteiger partial charge in [-0.2, -0.15) is 8.42 Å². The van der Waals surface area contributed by atoms with Gasteiger partial charge < -0.3 is 29.4 Å². The molecule has 2 aromatic carbocycles. The Morgan fingerprint density at radius 3 is 1.59 bits per heavy atom. The van der Waals surface area contributed by atoms with Gasteiger partial charge in [0.15, 0.2) is 0 Å². The highest BCUT2D eigenvalue weighted by Gasteiger charge is 2.13. The zero-order valence-electron chi connectivity index (χ0n) is 18.0. The molecule has 0 fully saturated rings. The fraction of sp³-hybridized carbons (Fsp3) is 0.455. The first-order chi connectivity index (χ1) is 15.6. The third-order valence-electron chi connectivity index (χ3n) is 3.99. The number of anilines is 1. The lowest BCUT2D eigenvalue weighted by Gasteiger charge is -2.09. The lowest BCUT2D eigenvalue weighted by atomic mass is 10.3. The van der Waals surface area contributed by atoms with Crippen LogP contribution in [0.15, 0.2) is 59.5 Å². The van der Waals surface area contributed by atoms with Crippen LogP contribution in [0.2, 0.25) is 0 Å². The van der Waals surface area contributed by atoms with Gasteiger partial charge in [-0.3, -0.25) is 4.18 Å². The molecule has 2 N–H and O–H groups in total. The highest BCUT2D eigenvalue weighted by Crippen LogP contribution is 2.12. The SMILES string of the molecule is Nc1ccc(OCCOCCOCCOCCOCCOS(=O)(=O)c2ccccc2)cc1. The van der Waals surface area contributed by atoms with Gasteiger partial charge >= 0.3 is 0 Å². The van der Waals surface area contributed by atoms with Gasteiger partial charge in [-0.1, -0.05) is 18.2 Å². The number of ether oxygens (including phenoxy) is 5. The zero-order chi connectivity index (χ0) is 22.9. The summed E-state index contributed by atoms with van der Waals surface area (Å²) >= 11 is 0. The quantitative estimate of drug-likeness (QED) is 0.199. The molecule has 2 rings (SSSR count). The highest BCUT2D eigenvalue weighted by atomic mass is 32.2. The third-order valence-corrected chi connectivity index (χ3v) is 5.32. The number of benzene rings is 2. The van der Waals surface area contributed by atoms with Gasteiger partial charge in [-0.25, -0.2) is 0 Å². The van der Waals surface area contributed by atoms with Crippen LogP contribution in [0.3, 0.4) is 0 Å². The molecule has 0 spiro atoms. The molecule has 0 unspecified atom stereocenters. The Balaban J connectivity index is 1.31. The largest absolute Gasteiger partial charge is 0.491 e. The van der Waals surface area contributed by atoms with Crippen molar-refractivity contribution in [1.82, 2.24) is 0 Å². The summed E-state index contributed by atoms with van der Waals surface area (Å²) in [5.41, 5.74) is 6.31. The lowest BCUT2D eigenvalue weighted by molar-refractivity contribution is -0.00682. The van der Waals surface area contributed by atoms with Crippen LogP contribution in [-0.2, 0) is 33.2 Å². The summed E-state index contributed by atoms with van der Waals surface area (Å²) in [6.07, 6.45) is 0. The van der Waals surface area contributed by atoms with Crippen molar-refractivity contribution in [3.8, 4) is 5.75 Å². The van der Waals surface area contributed by atoms with E-state index in [0.29, 0.717) is 58.5 Å². The Morgan fingerprint density at radius 2 is 1.06 bits per heavy atom. The van der Waals surface area contributed by atoms with Gasteiger partial charge in [0.25, 0.3) is 10.1 Å². The molecule has 178 valence electrons. The first-order valence-corrected chi connectivity index (χ1v) is 11.7. The fourth-order valence-electron chi connectivity index (χ4n) is 2.40. The molecule has 32 heavy (non-hydrogen) atoms. The molecule has 0 radical (unpaired) electrons. The lowest BCUT2D eigenvalue weighted by Crippen LogP contribution is -2.15. The molecule has 0 aromatic heterocycles. The van der Waals surface area contributed by atoms with E-state index in [9.17, 15) is 8.42 Å². The maximum absolute atomic E-state index is 11.9. The minimum Gasteiger partial charge on any atom is -0.491 e. The number of hydrogen-bond acceptors (Lipinski definition) is 9. The molecular formula is C22H31NO8S. The Morgan fingerprint density at radius 1 is 0.594 bits per heavy atom. The maximum Gasteiger partial charge on any atom is 0.297 e. The summed E-state index contributed by atoms with van der Waals surface area (Å²) in [5.74, 6) is 0.755. The minimum atomic E-state index is -3.74. The van der Waals surface area contributed by atoms with Gasteiger partial charge in [-0.05, 0) is 36.4 Å². The Bertz CT molecular complexity index is 831. The van der Waals surface area contributed by atoms with Crippen LogP contribution in [0.5, 0.6) is 5.75 Å². The summed E-state index contributed by atoms with van der Waals surface area (Å²) in [5, 5.41) is 0. The number of nitrogen functional groups attached to an aromatic ring is 1. The molecule has 2 aromatic rings. The van der Waals surface area contributed by atoms with Gasteiger partial charge in [0.05, 0.1) is 64.4 Å². The summed E-state index contributed by atoms with van der Waals surface area (Å²) < 4.78 is 55.7. The van der Waals surface area contributed by atoms with Crippen LogP contribution in [0.25, 0.3) is 0 Å². The Hall–Kier alpha value is -2.21. The van der Waals surface area contributed by atoms with Gasteiger partial charge in [-0.15, -0.1) is 0 Å². The van der Waals surface area contributed by atoms with Gasteiger partial charge in [0, 0.05) is 5.69 Å². The fourth-order valence-corrected chi connectivity index (χ4v) is 3.32. The van der Waals surface area contributed by atoms with Crippen LogP contribution in [0.4, 0.5) is 5.69 Å². The molecule has 0 aliphatic heterocycles. The molecule has 0 aliphatic rings. The van der Waals surface area contributed by atoms with Gasteiger partial charge in [0.1, 0.15) is 12.4 Å². The molecule has 0 saturated heterocycles. The summed E-state index contributed by atoms with van der Waals surface area (Å²) in [6, 6.07) is 15.2. The first kappa shape index (κ1) is 26.0. The molecule has 0 amide bonds. The van der Waals surface area contributed by atoms with Crippen molar-refractivity contribution in [3.05, 3.63) is 54.6 Å². The first-order valence-electron chi connectivity index (χ1n) is 10.3. The van der Waals surface area contributed by atoms with Crippen LogP contribution >= 0.6 is 0 Å². The Kier molecular flexibility index (Phi) is 12.7. The molecule has 0 saturated carbocycles. The monoisotopic (exact) mass is 469 g/mol. The van der Waals surface area contributed by atoms with Crippen LogP contribution in [0, 0.1) is 0 Å². The normalized spacial score (nSPS) is 11.5. The van der Waals surface area contributed by atoms with E-state index in [-0.39, 0.29) is 18.1 Å². The average molecular weight is 470 g/mol. The van der Waals surface area contributed by atoms with Crippen molar-refractivity contribution in [2.24, 2.45) is 0 Å². The zero-order valence-corrected chi connectivity index (χ0v) is 18.8. The average Bonchev–Trinajstić information content (AvgIpc) is 2.80. The molecule has 0 atom stereocenters. The second-order valence-corrected chi connectivity index (χ2v) is 8.07. The summed E-state index contributed by atoms with van der Waals surface area (Å²) in [6.45, 7) is 3.58. The summed E-state index contributed by atoms with van der Waals surface area (Å²) in [7, 11) is -3.74. The molecule has 0 heterocycles.